The molecule has 0 aliphatic carbocycles. The van der Waals surface area contributed by atoms with Crippen LogP contribution in [0.4, 0.5) is 0 Å². The molecule has 3 atom stereocenters. The second kappa shape index (κ2) is 5.48. The van der Waals surface area contributed by atoms with Crippen molar-refractivity contribution >= 4 is 20.2 Å². The van der Waals surface area contributed by atoms with E-state index in [2.05, 4.69) is 33.9 Å². The molecule has 0 aromatic rings. The van der Waals surface area contributed by atoms with Gasteiger partial charge in [0.25, 0.3) is 0 Å². The largest absolute Gasteiger partial charge is 0.481 e. The molecule has 1 heterocycles. The van der Waals surface area contributed by atoms with Gasteiger partial charge in [0.15, 0.2) is 8.32 Å². The van der Waals surface area contributed by atoms with Crippen LogP contribution in [0.2, 0.25) is 18.1 Å². The van der Waals surface area contributed by atoms with Crippen molar-refractivity contribution in [2.24, 2.45) is 5.92 Å². The van der Waals surface area contributed by atoms with Crippen molar-refractivity contribution in [1.29, 1.82) is 0 Å². The van der Waals surface area contributed by atoms with E-state index in [1.165, 1.54) is 0 Å². The zero-order chi connectivity index (χ0) is 15.9. The topological polar surface area (TPSA) is 66.8 Å². The highest BCUT2D eigenvalue weighted by Crippen LogP contribution is 2.39. The highest BCUT2D eigenvalue weighted by atomic mass is 28.4. The van der Waals surface area contributed by atoms with Crippen LogP contribution in [0.15, 0.2) is 0 Å². The maximum absolute atomic E-state index is 11.8. The highest BCUT2D eigenvalue weighted by molar-refractivity contribution is 6.74. The summed E-state index contributed by atoms with van der Waals surface area (Å²) in [5.41, 5.74) is 0. The molecule has 1 unspecified atom stereocenters. The van der Waals surface area contributed by atoms with Crippen LogP contribution in [0.25, 0.3) is 0 Å². The van der Waals surface area contributed by atoms with Gasteiger partial charge in [-0.1, -0.05) is 20.8 Å². The molecule has 1 amide bonds. The van der Waals surface area contributed by atoms with Gasteiger partial charge in [0.1, 0.15) is 6.23 Å². The van der Waals surface area contributed by atoms with Gasteiger partial charge < -0.3 is 14.4 Å². The summed E-state index contributed by atoms with van der Waals surface area (Å²) in [4.78, 5) is 24.5. The number of likely N-dealkylation sites (tertiary alicyclic amines) is 1. The average Bonchev–Trinajstić information content (AvgIpc) is 2.21. The molecule has 0 aromatic carbocycles. The van der Waals surface area contributed by atoms with E-state index in [1.54, 1.807) is 11.8 Å². The summed E-state index contributed by atoms with van der Waals surface area (Å²) in [7, 11) is -1.98. The molecule has 1 N–H and O–H groups in total. The molecule has 0 aromatic heterocycles. The van der Waals surface area contributed by atoms with Gasteiger partial charge in [-0.15, -0.1) is 0 Å². The van der Waals surface area contributed by atoms with E-state index in [4.69, 9.17) is 9.53 Å². The van der Waals surface area contributed by atoms with Gasteiger partial charge in [-0.05, 0) is 32.0 Å². The first kappa shape index (κ1) is 17.2. The van der Waals surface area contributed by atoms with Crippen LogP contribution in [-0.2, 0) is 14.0 Å². The summed E-state index contributed by atoms with van der Waals surface area (Å²) < 4.78 is 6.19. The van der Waals surface area contributed by atoms with E-state index >= 15 is 0 Å². The molecule has 116 valence electrons. The lowest BCUT2D eigenvalue weighted by atomic mass is 9.89. The van der Waals surface area contributed by atoms with Crippen molar-refractivity contribution in [3.8, 4) is 0 Å². The number of carboxylic acids is 1. The number of aliphatic carboxylic acids is 1. The van der Waals surface area contributed by atoms with Crippen LogP contribution in [0, 0.1) is 5.92 Å². The Morgan fingerprint density at radius 1 is 1.40 bits per heavy atom. The molecule has 5 nitrogen and oxygen atoms in total. The molecule has 0 bridgehead atoms. The SMILES string of the molecule is C[C@@H](C(=O)O)C1CC(=O)N1[C@@H](C)O[Si](C)(C)C(C)(C)C. The van der Waals surface area contributed by atoms with Crippen LogP contribution in [0.3, 0.4) is 0 Å². The van der Waals surface area contributed by atoms with E-state index in [1.807, 2.05) is 6.92 Å². The van der Waals surface area contributed by atoms with Crippen molar-refractivity contribution in [1.82, 2.24) is 4.90 Å². The van der Waals surface area contributed by atoms with Gasteiger partial charge in [-0.2, -0.15) is 0 Å². The van der Waals surface area contributed by atoms with Crippen LogP contribution < -0.4 is 0 Å². The number of β-lactam (4-membered cyclic amide) rings is 1. The first-order chi connectivity index (χ1) is 8.88. The summed E-state index contributed by atoms with van der Waals surface area (Å²) in [6.45, 7) is 14.2. The van der Waals surface area contributed by atoms with Gasteiger partial charge in [0, 0.05) is 6.42 Å². The van der Waals surface area contributed by atoms with Crippen molar-refractivity contribution in [3.63, 3.8) is 0 Å². The Kier molecular flexibility index (Phi) is 4.71. The number of carbonyl (C=O) groups is 2. The number of rotatable bonds is 5. The number of carboxylic acid groups (broad SMARTS) is 1. The molecule has 1 aliphatic heterocycles. The minimum absolute atomic E-state index is 0.0192. The monoisotopic (exact) mass is 301 g/mol. The number of nitrogens with zero attached hydrogens (tertiary/aromatic N) is 1. The third-order valence-electron chi connectivity index (χ3n) is 4.66. The molecule has 0 saturated carbocycles. The standard InChI is InChI=1S/C14H27NO4Si/c1-9(13(17)18)11-8-12(16)15(11)10(2)19-20(6,7)14(3,4)5/h9-11H,8H2,1-7H3,(H,17,18)/t9-,10-,11?/m1/s1. The average molecular weight is 301 g/mol. The summed E-state index contributed by atoms with van der Waals surface area (Å²) in [5.74, 6) is -1.44. The summed E-state index contributed by atoms with van der Waals surface area (Å²) in [6, 6.07) is -0.250. The van der Waals surface area contributed by atoms with Crippen LogP contribution in [-0.4, -0.2) is 42.5 Å². The molecule has 1 rings (SSSR count). The van der Waals surface area contributed by atoms with E-state index in [0.29, 0.717) is 6.42 Å². The third-order valence-corrected chi connectivity index (χ3v) is 9.20. The van der Waals surface area contributed by atoms with E-state index in [9.17, 15) is 9.59 Å². The number of amides is 1. The number of carbonyl (C=O) groups excluding carboxylic acids is 1. The van der Waals surface area contributed by atoms with Gasteiger partial charge in [0.2, 0.25) is 5.91 Å². The van der Waals surface area contributed by atoms with E-state index in [-0.39, 0.29) is 23.2 Å². The van der Waals surface area contributed by atoms with Gasteiger partial charge >= 0.3 is 5.97 Å². The van der Waals surface area contributed by atoms with Crippen LogP contribution >= 0.6 is 0 Å². The summed E-state index contributed by atoms with van der Waals surface area (Å²) in [5, 5.41) is 9.15. The minimum Gasteiger partial charge on any atom is -0.481 e. The van der Waals surface area contributed by atoms with E-state index in [0.717, 1.165) is 0 Å². The number of hydrogen-bond donors (Lipinski definition) is 1. The molecular formula is C14H27NO4Si. The lowest BCUT2D eigenvalue weighted by molar-refractivity contribution is -0.168. The first-order valence-electron chi connectivity index (χ1n) is 7.10. The first-order valence-corrected chi connectivity index (χ1v) is 10.0. The Morgan fingerprint density at radius 3 is 2.25 bits per heavy atom. The predicted octanol–water partition coefficient (Wildman–Crippen LogP) is 2.68. The van der Waals surface area contributed by atoms with Crippen LogP contribution in [0.1, 0.15) is 41.0 Å². The normalized spacial score (nSPS) is 23.2. The lowest BCUT2D eigenvalue weighted by Crippen LogP contribution is -2.63. The fourth-order valence-electron chi connectivity index (χ4n) is 2.17. The molecule has 0 spiro atoms. The molecule has 1 saturated heterocycles. The molecule has 20 heavy (non-hydrogen) atoms. The predicted molar refractivity (Wildman–Crippen MR) is 79.8 cm³/mol. The second-order valence-electron chi connectivity index (χ2n) is 7.18. The number of hydrogen-bond acceptors (Lipinski definition) is 3. The fraction of sp³-hybridized carbons (Fsp3) is 0.857. The van der Waals surface area contributed by atoms with Crippen molar-refractivity contribution in [3.05, 3.63) is 0 Å². The minimum atomic E-state index is -1.98. The third kappa shape index (κ3) is 3.23. The fourth-order valence-corrected chi connectivity index (χ4v) is 3.49. The van der Waals surface area contributed by atoms with Gasteiger partial charge in [-0.3, -0.25) is 9.59 Å². The van der Waals surface area contributed by atoms with Crippen molar-refractivity contribution < 1.29 is 19.1 Å². The smallest absolute Gasteiger partial charge is 0.308 e. The zero-order valence-electron chi connectivity index (χ0n) is 13.6. The lowest BCUT2D eigenvalue weighted by Gasteiger charge is -2.49. The molecule has 1 aliphatic rings. The highest BCUT2D eigenvalue weighted by Gasteiger charge is 2.47. The summed E-state index contributed by atoms with van der Waals surface area (Å²) in [6.07, 6.45) is -0.0532. The Hall–Kier alpha value is -0.883. The van der Waals surface area contributed by atoms with Gasteiger partial charge in [0.05, 0.1) is 12.0 Å². The quantitative estimate of drug-likeness (QED) is 0.626. The molecule has 1 fully saturated rings. The summed E-state index contributed by atoms with van der Waals surface area (Å²) >= 11 is 0. The van der Waals surface area contributed by atoms with Crippen molar-refractivity contribution in [2.45, 2.75) is 71.4 Å². The Bertz CT molecular complexity index is 402. The molecular weight excluding hydrogens is 274 g/mol. The second-order valence-corrected chi connectivity index (χ2v) is 11.9. The van der Waals surface area contributed by atoms with Crippen LogP contribution in [0.5, 0.6) is 0 Å². The Balaban J connectivity index is 2.78. The zero-order valence-corrected chi connectivity index (χ0v) is 14.6. The Labute approximate surface area is 122 Å². The van der Waals surface area contributed by atoms with E-state index < -0.39 is 20.2 Å². The van der Waals surface area contributed by atoms with Crippen molar-refractivity contribution in [2.75, 3.05) is 0 Å². The molecule has 6 heteroatoms. The maximum Gasteiger partial charge on any atom is 0.308 e. The molecule has 0 radical (unpaired) electrons. The van der Waals surface area contributed by atoms with Gasteiger partial charge in [-0.25, -0.2) is 0 Å². The maximum atomic E-state index is 11.8. The Morgan fingerprint density at radius 2 is 1.90 bits per heavy atom.